The number of nitrogens with zero attached hydrogens (tertiary/aromatic N) is 3. The van der Waals surface area contributed by atoms with E-state index in [2.05, 4.69) is 17.0 Å². The third-order valence-electron chi connectivity index (χ3n) is 4.13. The van der Waals surface area contributed by atoms with E-state index in [9.17, 15) is 9.59 Å². The number of aliphatic carboxylic acids is 1. The molecule has 1 aliphatic heterocycles. The van der Waals surface area contributed by atoms with Crippen molar-refractivity contribution in [2.75, 3.05) is 53.4 Å². The molecule has 25 heavy (non-hydrogen) atoms. The average molecular weight is 349 g/mol. The van der Waals surface area contributed by atoms with E-state index in [1.54, 1.807) is 0 Å². The molecule has 0 aliphatic carbocycles. The lowest BCUT2D eigenvalue weighted by atomic mass is 10.1. The third kappa shape index (κ3) is 6.45. The van der Waals surface area contributed by atoms with E-state index in [4.69, 9.17) is 9.84 Å². The summed E-state index contributed by atoms with van der Waals surface area (Å²) in [6.45, 7) is 3.14. The number of morpholine rings is 1. The van der Waals surface area contributed by atoms with Gasteiger partial charge in [0.05, 0.1) is 6.61 Å². The van der Waals surface area contributed by atoms with Crippen LogP contribution >= 0.6 is 0 Å². The molecular weight excluding hydrogens is 322 g/mol. The SMILES string of the molecule is CN(C)CCN(CC(=O)O)C(=O)[C@@H]1CN(Cc2ccccc2)CCO1. The molecular formula is C18H27N3O4. The smallest absolute Gasteiger partial charge is 0.323 e. The number of rotatable bonds is 8. The number of carbonyl (C=O) groups is 2. The van der Waals surface area contributed by atoms with E-state index in [0.717, 1.165) is 13.1 Å². The first-order valence-corrected chi connectivity index (χ1v) is 8.49. The number of carboxylic acids is 1. The molecule has 1 fully saturated rings. The molecule has 0 bridgehead atoms. The van der Waals surface area contributed by atoms with Gasteiger partial charge in [-0.05, 0) is 19.7 Å². The summed E-state index contributed by atoms with van der Waals surface area (Å²) in [5.41, 5.74) is 1.19. The van der Waals surface area contributed by atoms with Gasteiger partial charge in [-0.3, -0.25) is 14.5 Å². The zero-order valence-corrected chi connectivity index (χ0v) is 14.9. The van der Waals surface area contributed by atoms with Gasteiger partial charge in [0, 0.05) is 32.7 Å². The highest BCUT2D eigenvalue weighted by atomic mass is 16.5. The van der Waals surface area contributed by atoms with Gasteiger partial charge in [0.15, 0.2) is 0 Å². The maximum Gasteiger partial charge on any atom is 0.323 e. The second kappa shape index (κ2) is 9.50. The van der Waals surface area contributed by atoms with E-state index in [-0.39, 0.29) is 12.5 Å². The van der Waals surface area contributed by atoms with Gasteiger partial charge in [0.25, 0.3) is 5.91 Å². The molecule has 1 heterocycles. The van der Waals surface area contributed by atoms with Crippen molar-refractivity contribution in [3.63, 3.8) is 0 Å². The standard InChI is InChI=1S/C18H27N3O4/c1-19(2)8-9-21(14-17(22)23)18(24)16-13-20(10-11-25-16)12-15-6-4-3-5-7-15/h3-7,16H,8-14H2,1-2H3,(H,22,23)/t16-/m0/s1. The van der Waals surface area contributed by atoms with Gasteiger partial charge in [-0.25, -0.2) is 0 Å². The van der Waals surface area contributed by atoms with Crippen molar-refractivity contribution in [3.05, 3.63) is 35.9 Å². The van der Waals surface area contributed by atoms with Crippen molar-refractivity contribution in [3.8, 4) is 0 Å². The molecule has 1 aromatic rings. The Kier molecular flexibility index (Phi) is 7.36. The van der Waals surface area contributed by atoms with Crippen LogP contribution in [0.15, 0.2) is 30.3 Å². The zero-order chi connectivity index (χ0) is 18.2. The van der Waals surface area contributed by atoms with Crippen LogP contribution in [0.4, 0.5) is 0 Å². The molecule has 0 radical (unpaired) electrons. The van der Waals surface area contributed by atoms with E-state index in [0.29, 0.717) is 26.2 Å². The lowest BCUT2D eigenvalue weighted by Gasteiger charge is -2.35. The van der Waals surface area contributed by atoms with Crippen molar-refractivity contribution in [1.82, 2.24) is 14.7 Å². The Bertz CT molecular complexity index is 565. The van der Waals surface area contributed by atoms with Crippen LogP contribution in [-0.4, -0.2) is 91.2 Å². The molecule has 138 valence electrons. The maximum absolute atomic E-state index is 12.7. The predicted octanol–water partition coefficient (Wildman–Crippen LogP) is 0.362. The van der Waals surface area contributed by atoms with Crippen molar-refractivity contribution < 1.29 is 19.4 Å². The predicted molar refractivity (Wildman–Crippen MR) is 94.2 cm³/mol. The number of likely N-dealkylation sites (N-methyl/N-ethyl adjacent to an activating group) is 1. The van der Waals surface area contributed by atoms with Crippen molar-refractivity contribution in [1.29, 1.82) is 0 Å². The summed E-state index contributed by atoms with van der Waals surface area (Å²) >= 11 is 0. The molecule has 1 amide bonds. The highest BCUT2D eigenvalue weighted by molar-refractivity contribution is 5.85. The van der Waals surface area contributed by atoms with E-state index in [1.807, 2.05) is 37.2 Å². The Morgan fingerprint density at radius 1 is 1.24 bits per heavy atom. The third-order valence-corrected chi connectivity index (χ3v) is 4.13. The molecule has 0 saturated carbocycles. The second-order valence-corrected chi connectivity index (χ2v) is 6.54. The van der Waals surface area contributed by atoms with Crippen LogP contribution in [0.5, 0.6) is 0 Å². The molecule has 1 saturated heterocycles. The van der Waals surface area contributed by atoms with Gasteiger partial charge < -0.3 is 19.6 Å². The number of carbonyl (C=O) groups excluding carboxylic acids is 1. The monoisotopic (exact) mass is 349 g/mol. The molecule has 0 spiro atoms. The summed E-state index contributed by atoms with van der Waals surface area (Å²) in [6, 6.07) is 10.1. The molecule has 7 nitrogen and oxygen atoms in total. The number of hydrogen-bond donors (Lipinski definition) is 1. The van der Waals surface area contributed by atoms with Crippen LogP contribution in [0.3, 0.4) is 0 Å². The summed E-state index contributed by atoms with van der Waals surface area (Å²) in [6.07, 6.45) is -0.612. The van der Waals surface area contributed by atoms with Gasteiger partial charge in [-0.15, -0.1) is 0 Å². The minimum Gasteiger partial charge on any atom is -0.480 e. The largest absolute Gasteiger partial charge is 0.480 e. The number of benzene rings is 1. The summed E-state index contributed by atoms with van der Waals surface area (Å²) in [5, 5.41) is 9.08. The number of ether oxygens (including phenoxy) is 1. The van der Waals surface area contributed by atoms with Crippen LogP contribution in [-0.2, 0) is 20.9 Å². The fourth-order valence-electron chi connectivity index (χ4n) is 2.79. The Morgan fingerprint density at radius 3 is 2.60 bits per heavy atom. The van der Waals surface area contributed by atoms with Gasteiger partial charge in [-0.1, -0.05) is 30.3 Å². The average Bonchev–Trinajstić information content (AvgIpc) is 2.58. The van der Waals surface area contributed by atoms with E-state index in [1.165, 1.54) is 10.5 Å². The summed E-state index contributed by atoms with van der Waals surface area (Å²) in [5.74, 6) is -1.26. The Labute approximate surface area is 148 Å². The highest BCUT2D eigenvalue weighted by Gasteiger charge is 2.31. The van der Waals surface area contributed by atoms with Gasteiger partial charge in [0.1, 0.15) is 12.6 Å². The van der Waals surface area contributed by atoms with Crippen molar-refractivity contribution in [2.45, 2.75) is 12.6 Å². The molecule has 0 aromatic heterocycles. The van der Waals surface area contributed by atoms with Crippen LogP contribution in [0.25, 0.3) is 0 Å². The topological polar surface area (TPSA) is 73.3 Å². The number of carboxylic acid groups (broad SMARTS) is 1. The lowest BCUT2D eigenvalue weighted by Crippen LogP contribution is -2.52. The Hall–Kier alpha value is -1.96. The summed E-state index contributed by atoms with van der Waals surface area (Å²) < 4.78 is 5.64. The molecule has 1 aliphatic rings. The van der Waals surface area contributed by atoms with Gasteiger partial charge >= 0.3 is 5.97 Å². The zero-order valence-electron chi connectivity index (χ0n) is 14.9. The van der Waals surface area contributed by atoms with Crippen LogP contribution in [0.1, 0.15) is 5.56 Å². The Morgan fingerprint density at radius 2 is 1.96 bits per heavy atom. The first-order chi connectivity index (χ1) is 12.0. The summed E-state index contributed by atoms with van der Waals surface area (Å²) in [7, 11) is 3.78. The van der Waals surface area contributed by atoms with Crippen molar-refractivity contribution in [2.24, 2.45) is 0 Å². The normalized spacial score (nSPS) is 18.3. The summed E-state index contributed by atoms with van der Waals surface area (Å²) in [4.78, 5) is 29.3. The molecule has 1 aromatic carbocycles. The van der Waals surface area contributed by atoms with E-state index >= 15 is 0 Å². The quantitative estimate of drug-likeness (QED) is 0.731. The fraction of sp³-hybridized carbons (Fsp3) is 0.556. The second-order valence-electron chi connectivity index (χ2n) is 6.54. The molecule has 1 N–H and O–H groups in total. The molecule has 7 heteroatoms. The van der Waals surface area contributed by atoms with Gasteiger partial charge in [0.2, 0.25) is 0 Å². The molecule has 0 unspecified atom stereocenters. The lowest BCUT2D eigenvalue weighted by molar-refractivity contribution is -0.155. The fourth-order valence-corrected chi connectivity index (χ4v) is 2.79. The first-order valence-electron chi connectivity index (χ1n) is 8.49. The number of amides is 1. The first kappa shape index (κ1) is 19.4. The number of hydrogen-bond acceptors (Lipinski definition) is 5. The maximum atomic E-state index is 12.7. The molecule has 1 atom stereocenters. The highest BCUT2D eigenvalue weighted by Crippen LogP contribution is 2.12. The van der Waals surface area contributed by atoms with Crippen molar-refractivity contribution >= 4 is 11.9 Å². The van der Waals surface area contributed by atoms with Gasteiger partial charge in [-0.2, -0.15) is 0 Å². The minimum atomic E-state index is -1.01. The van der Waals surface area contributed by atoms with E-state index < -0.39 is 12.1 Å². The Balaban J connectivity index is 1.96. The minimum absolute atomic E-state index is 0.248. The van der Waals surface area contributed by atoms with Crippen LogP contribution in [0.2, 0.25) is 0 Å². The van der Waals surface area contributed by atoms with Crippen LogP contribution < -0.4 is 0 Å². The van der Waals surface area contributed by atoms with Crippen LogP contribution in [0, 0.1) is 0 Å². The molecule has 2 rings (SSSR count).